The molecule has 158 valence electrons. The lowest BCUT2D eigenvalue weighted by molar-refractivity contribution is 1.03. The molecule has 5 aromatic heterocycles. The zero-order valence-electron chi connectivity index (χ0n) is 17.9. The molecule has 0 fully saturated rings. The molecule has 0 unspecified atom stereocenters. The molecule has 0 N–H and O–H groups in total. The molecule has 0 amide bonds. The number of imidazole rings is 1. The van der Waals surface area contributed by atoms with Gasteiger partial charge in [-0.05, 0) is 61.5 Å². The van der Waals surface area contributed by atoms with Gasteiger partial charge in [0.15, 0.2) is 5.65 Å². The predicted octanol–water partition coefficient (Wildman–Crippen LogP) is 5.04. The Balaban J connectivity index is 1.45. The zero-order valence-corrected chi connectivity index (χ0v) is 17.9. The number of pyridine rings is 2. The van der Waals surface area contributed by atoms with Crippen LogP contribution in [-0.2, 0) is 0 Å². The second kappa shape index (κ2) is 7.80. The molecule has 7 nitrogen and oxygen atoms in total. The van der Waals surface area contributed by atoms with E-state index in [-0.39, 0.29) is 0 Å². The number of benzene rings is 1. The van der Waals surface area contributed by atoms with E-state index >= 15 is 0 Å². The van der Waals surface area contributed by atoms with Crippen molar-refractivity contribution in [3.63, 3.8) is 0 Å². The van der Waals surface area contributed by atoms with Crippen molar-refractivity contribution >= 4 is 11.2 Å². The van der Waals surface area contributed by atoms with Crippen LogP contribution in [0.15, 0.2) is 97.8 Å². The lowest BCUT2D eigenvalue weighted by atomic mass is 10.2. The number of hydrogen-bond donors (Lipinski definition) is 0. The first-order valence-electron chi connectivity index (χ1n) is 10.6. The van der Waals surface area contributed by atoms with Crippen LogP contribution in [0.25, 0.3) is 45.3 Å². The van der Waals surface area contributed by atoms with Crippen LogP contribution in [0.1, 0.15) is 5.69 Å². The molecule has 6 rings (SSSR count). The summed E-state index contributed by atoms with van der Waals surface area (Å²) in [6.07, 6.45) is 11.0. The van der Waals surface area contributed by atoms with Gasteiger partial charge in [-0.15, -0.1) is 0 Å². The normalized spacial score (nSPS) is 11.2. The fourth-order valence-electron chi connectivity index (χ4n) is 3.86. The van der Waals surface area contributed by atoms with E-state index in [1.54, 1.807) is 18.6 Å². The van der Waals surface area contributed by atoms with Crippen LogP contribution >= 0.6 is 0 Å². The number of aromatic nitrogens is 7. The molecule has 0 aliphatic carbocycles. The van der Waals surface area contributed by atoms with E-state index in [0.717, 1.165) is 51.0 Å². The van der Waals surface area contributed by atoms with Gasteiger partial charge in [-0.25, -0.2) is 9.97 Å². The molecule has 0 saturated carbocycles. The molecule has 0 bridgehead atoms. The molecular weight excluding hydrogens is 410 g/mol. The van der Waals surface area contributed by atoms with Crippen molar-refractivity contribution in [1.29, 1.82) is 0 Å². The van der Waals surface area contributed by atoms with Crippen LogP contribution < -0.4 is 0 Å². The molecule has 5 heterocycles. The van der Waals surface area contributed by atoms with Gasteiger partial charge in [0.2, 0.25) is 0 Å². The fraction of sp³-hybridized carbons (Fsp3) is 0.0385. The third-order valence-corrected chi connectivity index (χ3v) is 5.53. The first-order chi connectivity index (χ1) is 16.3. The van der Waals surface area contributed by atoms with E-state index in [0.29, 0.717) is 0 Å². The molecule has 6 aromatic rings. The summed E-state index contributed by atoms with van der Waals surface area (Å²) in [5, 5.41) is 0. The quantitative estimate of drug-likeness (QED) is 0.393. The van der Waals surface area contributed by atoms with Crippen LogP contribution in [0.2, 0.25) is 0 Å². The van der Waals surface area contributed by atoms with E-state index in [1.165, 1.54) is 0 Å². The predicted molar refractivity (Wildman–Crippen MR) is 127 cm³/mol. The number of rotatable bonds is 4. The molecule has 0 aliphatic heterocycles. The first kappa shape index (κ1) is 19.1. The van der Waals surface area contributed by atoms with Gasteiger partial charge in [-0.1, -0.05) is 6.07 Å². The third kappa shape index (κ3) is 3.45. The molecule has 0 radical (unpaired) electrons. The third-order valence-electron chi connectivity index (χ3n) is 5.53. The van der Waals surface area contributed by atoms with E-state index in [2.05, 4.69) is 54.8 Å². The van der Waals surface area contributed by atoms with E-state index in [1.807, 2.05) is 60.4 Å². The number of hydrogen-bond acceptors (Lipinski definition) is 5. The Morgan fingerprint density at radius 3 is 2.30 bits per heavy atom. The van der Waals surface area contributed by atoms with Crippen LogP contribution in [0.4, 0.5) is 0 Å². The molecule has 0 saturated heterocycles. The van der Waals surface area contributed by atoms with E-state index in [9.17, 15) is 0 Å². The number of nitrogens with zero attached hydrogens (tertiary/aromatic N) is 7. The Bertz CT molecular complexity index is 1550. The van der Waals surface area contributed by atoms with Crippen molar-refractivity contribution in [2.45, 2.75) is 6.92 Å². The van der Waals surface area contributed by atoms with Gasteiger partial charge in [0, 0.05) is 47.9 Å². The monoisotopic (exact) mass is 429 g/mol. The fourth-order valence-corrected chi connectivity index (χ4v) is 3.86. The smallest absolute Gasteiger partial charge is 0.163 e. The van der Waals surface area contributed by atoms with Crippen molar-refractivity contribution in [2.24, 2.45) is 0 Å². The van der Waals surface area contributed by atoms with Crippen molar-refractivity contribution in [2.75, 3.05) is 0 Å². The molecule has 33 heavy (non-hydrogen) atoms. The minimum atomic E-state index is 0.807. The maximum atomic E-state index is 4.94. The number of fused-ring (bicyclic) bond motifs is 1. The van der Waals surface area contributed by atoms with Gasteiger partial charge in [0.1, 0.15) is 17.0 Å². The lowest BCUT2D eigenvalue weighted by Gasteiger charge is -2.09. The highest BCUT2D eigenvalue weighted by Crippen LogP contribution is 2.28. The van der Waals surface area contributed by atoms with Crippen LogP contribution in [0, 0.1) is 6.92 Å². The molecule has 0 spiro atoms. The van der Waals surface area contributed by atoms with Gasteiger partial charge in [0.05, 0.1) is 17.6 Å². The minimum absolute atomic E-state index is 0.807. The lowest BCUT2D eigenvalue weighted by Crippen LogP contribution is -1.98. The highest BCUT2D eigenvalue weighted by Gasteiger charge is 2.15. The van der Waals surface area contributed by atoms with Crippen LogP contribution in [0.5, 0.6) is 0 Å². The van der Waals surface area contributed by atoms with Gasteiger partial charge in [0.25, 0.3) is 0 Å². The van der Waals surface area contributed by atoms with Crippen molar-refractivity contribution in [1.82, 2.24) is 34.1 Å². The second-order valence-electron chi connectivity index (χ2n) is 7.69. The SMILES string of the molecule is Cc1ccc(-n2cc(-c3ccccn3)nc2-c2ccc(-n3ccc4nccnc43)cc2)cn1. The summed E-state index contributed by atoms with van der Waals surface area (Å²) >= 11 is 0. The standard InChI is InChI=1S/C26H19N7/c1-18-5-8-21(16-30-18)33-17-24(22-4-2-3-12-27-22)31-25(33)19-6-9-20(10-7-19)32-15-11-23-26(32)29-14-13-28-23/h2-17H,1H3. The molecule has 1 aromatic carbocycles. The topological polar surface area (TPSA) is 74.3 Å². The summed E-state index contributed by atoms with van der Waals surface area (Å²) < 4.78 is 4.09. The first-order valence-corrected chi connectivity index (χ1v) is 10.6. The van der Waals surface area contributed by atoms with Gasteiger partial charge in [-0.3, -0.25) is 24.1 Å². The average molecular weight is 429 g/mol. The average Bonchev–Trinajstić information content (AvgIpc) is 3.50. The van der Waals surface area contributed by atoms with Gasteiger partial charge < -0.3 is 0 Å². The molecule has 0 atom stereocenters. The summed E-state index contributed by atoms with van der Waals surface area (Å²) in [5.74, 6) is 0.824. The Morgan fingerprint density at radius 2 is 1.52 bits per heavy atom. The maximum absolute atomic E-state index is 4.94. The summed E-state index contributed by atoms with van der Waals surface area (Å²) in [5.41, 5.74) is 7.24. The van der Waals surface area contributed by atoms with Crippen molar-refractivity contribution < 1.29 is 0 Å². The van der Waals surface area contributed by atoms with E-state index < -0.39 is 0 Å². The maximum Gasteiger partial charge on any atom is 0.163 e. The van der Waals surface area contributed by atoms with Gasteiger partial charge >= 0.3 is 0 Å². The Hall–Kier alpha value is -4.65. The second-order valence-corrected chi connectivity index (χ2v) is 7.69. The summed E-state index contributed by atoms with van der Waals surface area (Å²) in [4.78, 5) is 22.7. The van der Waals surface area contributed by atoms with Crippen LogP contribution in [0.3, 0.4) is 0 Å². The van der Waals surface area contributed by atoms with Gasteiger partial charge in [-0.2, -0.15) is 0 Å². The van der Waals surface area contributed by atoms with Crippen molar-refractivity contribution in [3.05, 3.63) is 104 Å². The molecule has 0 aliphatic rings. The highest BCUT2D eigenvalue weighted by molar-refractivity contribution is 5.74. The Kier molecular flexibility index (Phi) is 4.51. The molecular formula is C26H19N7. The molecule has 7 heteroatoms. The number of aryl methyl sites for hydroxylation is 1. The zero-order chi connectivity index (χ0) is 22.2. The summed E-state index contributed by atoms with van der Waals surface area (Å²) in [7, 11) is 0. The Labute approximate surface area is 190 Å². The highest BCUT2D eigenvalue weighted by atomic mass is 15.1. The minimum Gasteiger partial charge on any atom is -0.300 e. The summed E-state index contributed by atoms with van der Waals surface area (Å²) in [6, 6.07) is 20.1. The van der Waals surface area contributed by atoms with E-state index in [4.69, 9.17) is 4.98 Å². The van der Waals surface area contributed by atoms with Crippen molar-refractivity contribution in [3.8, 4) is 34.2 Å². The summed E-state index contributed by atoms with van der Waals surface area (Å²) in [6.45, 7) is 1.98. The largest absolute Gasteiger partial charge is 0.300 e. The Morgan fingerprint density at radius 1 is 0.667 bits per heavy atom. The van der Waals surface area contributed by atoms with Crippen LogP contribution in [-0.4, -0.2) is 34.1 Å².